The van der Waals surface area contributed by atoms with Crippen molar-refractivity contribution in [2.45, 2.75) is 27.7 Å². The maximum Gasteiger partial charge on any atom is 0.136 e. The Morgan fingerprint density at radius 2 is 1.36 bits per heavy atom. The van der Waals surface area contributed by atoms with E-state index in [9.17, 15) is 4.57 Å². The van der Waals surface area contributed by atoms with Crippen molar-refractivity contribution in [3.8, 4) is 0 Å². The van der Waals surface area contributed by atoms with Crippen LogP contribution in [0.4, 0.5) is 0 Å². The maximum absolute atomic E-state index is 11.7. The normalized spacial score (nSPS) is 13.0. The van der Waals surface area contributed by atoms with E-state index in [1.165, 1.54) is 0 Å². The van der Waals surface area contributed by atoms with E-state index in [-0.39, 0.29) is 0 Å². The van der Waals surface area contributed by atoms with Crippen molar-refractivity contribution in [3.05, 3.63) is 0 Å². The van der Waals surface area contributed by atoms with Gasteiger partial charge in [0.15, 0.2) is 0 Å². The summed E-state index contributed by atoms with van der Waals surface area (Å²) in [6, 6.07) is 0. The van der Waals surface area contributed by atoms with Crippen LogP contribution in [0.15, 0.2) is 0 Å². The molecule has 0 heterocycles. The van der Waals surface area contributed by atoms with Crippen molar-refractivity contribution in [2.24, 2.45) is 11.8 Å². The Kier molecular flexibility index (Phi) is 4.81. The molecule has 0 amide bonds. The predicted octanol–water partition coefficient (Wildman–Crippen LogP) is 3.51. The van der Waals surface area contributed by atoms with Crippen LogP contribution in [0, 0.1) is 11.8 Å². The highest BCUT2D eigenvalue weighted by Crippen LogP contribution is 2.53. The Morgan fingerprint density at radius 1 is 1.09 bits per heavy atom. The fraction of sp³-hybridized carbons (Fsp3) is 1.00. The smallest absolute Gasteiger partial charge is 0.136 e. The summed E-state index contributed by atoms with van der Waals surface area (Å²) in [5, 5.41) is 0. The summed E-state index contributed by atoms with van der Waals surface area (Å²) in [7, 11) is 0. The second-order valence-corrected chi connectivity index (χ2v) is 8.61. The highest BCUT2D eigenvalue weighted by molar-refractivity contribution is 8.48. The van der Waals surface area contributed by atoms with E-state index in [2.05, 4.69) is 39.9 Å². The van der Waals surface area contributed by atoms with Gasteiger partial charge in [0, 0.05) is 12.3 Å². The lowest BCUT2D eigenvalue weighted by molar-refractivity contribution is 0.568. The highest BCUT2D eigenvalue weighted by Gasteiger charge is 2.19. The highest BCUT2D eigenvalue weighted by atomic mass is 32.7. The standard InChI is InChI=1S/C8H19OPS/c1-7(2)5-10(9,11)6-8(3)4/h7-8H,5-6H2,1-4H3,(H,9,11). The van der Waals surface area contributed by atoms with Crippen LogP contribution in [-0.4, -0.2) is 12.3 Å². The topological polar surface area (TPSA) is 17.1 Å². The molecule has 0 aliphatic heterocycles. The molecule has 68 valence electrons. The second-order valence-electron chi connectivity index (χ2n) is 4.00. The summed E-state index contributed by atoms with van der Waals surface area (Å²) in [5.74, 6) is 0.995. The number of thiol groups is 1. The van der Waals surface area contributed by atoms with Crippen LogP contribution in [0.5, 0.6) is 0 Å². The molecule has 0 aliphatic carbocycles. The van der Waals surface area contributed by atoms with Crippen LogP contribution in [0.3, 0.4) is 0 Å². The van der Waals surface area contributed by atoms with Crippen molar-refractivity contribution in [2.75, 3.05) is 12.3 Å². The molecule has 0 aromatic heterocycles. The minimum Gasteiger partial charge on any atom is -0.312 e. The molecule has 3 heteroatoms. The first-order valence-electron chi connectivity index (χ1n) is 4.14. The van der Waals surface area contributed by atoms with Crippen LogP contribution >= 0.6 is 18.6 Å². The van der Waals surface area contributed by atoms with Crippen LogP contribution in [0.1, 0.15) is 27.7 Å². The number of hydrogen-bond donors (Lipinski definition) is 1. The quantitative estimate of drug-likeness (QED) is 0.535. The van der Waals surface area contributed by atoms with Crippen LogP contribution in [0.2, 0.25) is 0 Å². The first-order chi connectivity index (χ1) is 4.83. The van der Waals surface area contributed by atoms with Gasteiger partial charge in [-0.25, -0.2) is 0 Å². The van der Waals surface area contributed by atoms with E-state index in [4.69, 9.17) is 0 Å². The first kappa shape index (κ1) is 11.6. The molecule has 11 heavy (non-hydrogen) atoms. The molecule has 0 fully saturated rings. The summed E-state index contributed by atoms with van der Waals surface area (Å²) < 4.78 is 11.7. The molecule has 0 bridgehead atoms. The van der Waals surface area contributed by atoms with Crippen molar-refractivity contribution in [1.82, 2.24) is 0 Å². The molecule has 0 aliphatic rings. The van der Waals surface area contributed by atoms with Gasteiger partial charge in [0.1, 0.15) is 6.34 Å². The van der Waals surface area contributed by atoms with Crippen LogP contribution < -0.4 is 0 Å². The Hall–Kier alpha value is 0.580. The first-order valence-corrected chi connectivity index (χ1v) is 7.37. The number of rotatable bonds is 4. The molecule has 0 N–H and O–H groups in total. The lowest BCUT2D eigenvalue weighted by Crippen LogP contribution is -2.01. The largest absolute Gasteiger partial charge is 0.312 e. The molecular weight excluding hydrogens is 175 g/mol. The van der Waals surface area contributed by atoms with E-state index >= 15 is 0 Å². The minimum atomic E-state index is -2.11. The fourth-order valence-corrected chi connectivity index (χ4v) is 5.61. The predicted molar refractivity (Wildman–Crippen MR) is 56.0 cm³/mol. The van der Waals surface area contributed by atoms with Gasteiger partial charge in [-0.15, -0.1) is 12.2 Å². The molecule has 0 saturated heterocycles. The third-order valence-electron chi connectivity index (χ3n) is 1.30. The molecule has 0 unspecified atom stereocenters. The Morgan fingerprint density at radius 3 is 1.55 bits per heavy atom. The minimum absolute atomic E-state index is 0.497. The maximum atomic E-state index is 11.7. The van der Waals surface area contributed by atoms with Gasteiger partial charge < -0.3 is 4.57 Å². The molecule has 0 atom stereocenters. The van der Waals surface area contributed by atoms with Crippen LogP contribution in [0.25, 0.3) is 0 Å². The summed E-state index contributed by atoms with van der Waals surface area (Å²) in [6.07, 6.45) is -0.566. The van der Waals surface area contributed by atoms with E-state index in [1.54, 1.807) is 0 Å². The molecule has 0 spiro atoms. The third-order valence-corrected chi connectivity index (χ3v) is 4.88. The van der Waals surface area contributed by atoms with Crippen molar-refractivity contribution >= 4 is 18.6 Å². The molecule has 0 aromatic rings. The van der Waals surface area contributed by atoms with E-state index in [0.29, 0.717) is 11.8 Å². The summed E-state index contributed by atoms with van der Waals surface area (Å²) in [5.41, 5.74) is 0. The third kappa shape index (κ3) is 6.96. The van der Waals surface area contributed by atoms with Gasteiger partial charge in [0.2, 0.25) is 0 Å². The Balaban J connectivity index is 3.91. The molecule has 0 aromatic carbocycles. The van der Waals surface area contributed by atoms with Crippen molar-refractivity contribution in [1.29, 1.82) is 0 Å². The fourth-order valence-electron chi connectivity index (χ4n) is 1.22. The van der Waals surface area contributed by atoms with Gasteiger partial charge in [-0.1, -0.05) is 27.7 Å². The van der Waals surface area contributed by atoms with Crippen molar-refractivity contribution < 1.29 is 4.57 Å². The van der Waals surface area contributed by atoms with E-state index in [0.717, 1.165) is 12.3 Å². The molecule has 0 rings (SSSR count). The van der Waals surface area contributed by atoms with Gasteiger partial charge in [0.25, 0.3) is 0 Å². The molecule has 0 saturated carbocycles. The monoisotopic (exact) mass is 194 g/mol. The summed E-state index contributed by atoms with van der Waals surface area (Å²) >= 11 is 4.22. The Bertz CT molecular complexity index is 140. The second kappa shape index (κ2) is 4.57. The zero-order chi connectivity index (χ0) is 9.07. The van der Waals surface area contributed by atoms with Gasteiger partial charge >= 0.3 is 0 Å². The lowest BCUT2D eigenvalue weighted by Gasteiger charge is -2.15. The SMILES string of the molecule is CC(C)CP(=O)(S)CC(C)C. The number of hydrogen-bond acceptors (Lipinski definition) is 1. The molecule has 1 nitrogen and oxygen atoms in total. The average molecular weight is 194 g/mol. The van der Waals surface area contributed by atoms with Crippen LogP contribution in [-0.2, 0) is 4.57 Å². The van der Waals surface area contributed by atoms with E-state index in [1.807, 2.05) is 0 Å². The van der Waals surface area contributed by atoms with Gasteiger partial charge in [-0.2, -0.15) is 0 Å². The average Bonchev–Trinajstić information content (AvgIpc) is 1.53. The van der Waals surface area contributed by atoms with Crippen molar-refractivity contribution in [3.63, 3.8) is 0 Å². The molecule has 0 radical (unpaired) electrons. The van der Waals surface area contributed by atoms with Gasteiger partial charge in [-0.3, -0.25) is 0 Å². The van der Waals surface area contributed by atoms with Gasteiger partial charge in [0.05, 0.1) is 0 Å². The summed E-state index contributed by atoms with van der Waals surface area (Å²) in [6.45, 7) is 8.35. The summed E-state index contributed by atoms with van der Waals surface area (Å²) in [4.78, 5) is 0. The van der Waals surface area contributed by atoms with E-state index < -0.39 is 6.34 Å². The Labute approximate surface area is 75.5 Å². The van der Waals surface area contributed by atoms with Gasteiger partial charge in [-0.05, 0) is 11.8 Å². The zero-order valence-electron chi connectivity index (χ0n) is 7.87. The molecular formula is C8H19OPS. The zero-order valence-corrected chi connectivity index (χ0v) is 9.66. The lowest BCUT2D eigenvalue weighted by atomic mass is 10.3.